The molecule has 130 heavy (non-hydrogen) atoms. The summed E-state index contributed by atoms with van der Waals surface area (Å²) in [5.41, 5.74) is 22.6. The Morgan fingerprint density at radius 3 is 0.808 bits per heavy atom. The zero-order valence-electron chi connectivity index (χ0n) is 70.6. The van der Waals surface area contributed by atoms with Crippen LogP contribution in [0.25, 0.3) is 222 Å². The van der Waals surface area contributed by atoms with E-state index in [1.165, 1.54) is 92.2 Å². The van der Waals surface area contributed by atoms with E-state index in [-0.39, 0.29) is 32.2 Å². The second-order valence-corrected chi connectivity index (χ2v) is 34.4. The van der Waals surface area contributed by atoms with E-state index in [0.717, 1.165) is 116 Å². The minimum Gasteiger partial charge on any atom is -0.693 e. The first-order valence-electron chi connectivity index (χ1n) is 43.0. The molecule has 2 N–H and O–H groups in total. The fourth-order valence-electron chi connectivity index (χ4n) is 18.8. The van der Waals surface area contributed by atoms with Gasteiger partial charge in [0.2, 0.25) is 0 Å². The molecule has 12 nitrogen and oxygen atoms in total. The second kappa shape index (κ2) is 33.7. The summed E-state index contributed by atoms with van der Waals surface area (Å²) < 4.78 is 20.8. The number of nitrogens with two attached hydrogens (primary N) is 1. The third-order valence-corrected chi connectivity index (χ3v) is 26.0. The number of nitrogens with zero attached hydrogens (tertiary/aromatic N) is 9. The van der Waals surface area contributed by atoms with E-state index < -0.39 is 7.12 Å². The largest absolute Gasteiger partial charge is 0.693 e. The van der Waals surface area contributed by atoms with Gasteiger partial charge in [-0.1, -0.05) is 334 Å². The Labute approximate surface area is 762 Å². The Morgan fingerprint density at radius 1 is 0.231 bits per heavy atom. The topological polar surface area (TPSA) is 144 Å². The highest BCUT2D eigenvalue weighted by molar-refractivity contribution is 9.10. The lowest BCUT2D eigenvalue weighted by Crippen LogP contribution is -2.41. The lowest BCUT2D eigenvalue weighted by molar-refractivity contribution is 0.00578. The Bertz CT molecular complexity index is 8370. The lowest BCUT2D eigenvalue weighted by Gasteiger charge is -2.32. The van der Waals surface area contributed by atoms with Crippen LogP contribution in [0.2, 0.25) is 0 Å². The van der Waals surface area contributed by atoms with Crippen molar-refractivity contribution in [1.82, 2.24) is 43.6 Å². The molecular weight excluding hydrogens is 1660 g/mol. The minimum absolute atomic E-state index is 0. The van der Waals surface area contributed by atoms with Crippen molar-refractivity contribution >= 4 is 159 Å². The highest BCUT2D eigenvalue weighted by atomic mass is 79.9. The van der Waals surface area contributed by atoms with Gasteiger partial charge < -0.3 is 29.2 Å². The highest BCUT2D eigenvalue weighted by Gasteiger charge is 2.51. The van der Waals surface area contributed by atoms with Crippen molar-refractivity contribution in [3.8, 4) is 85.0 Å². The number of para-hydroxylation sites is 9. The molecule has 0 spiro atoms. The fraction of sp³-hybridized carbons (Fsp3) is 0.0690. The zero-order chi connectivity index (χ0) is 85.0. The van der Waals surface area contributed by atoms with Gasteiger partial charge in [-0.25, -0.2) is 29.9 Å². The SMILES string of the molecule is Brc1ccc(-c2nc3ccccc3c3ccc4c(c5ccccc5n4-c4ccccc4)c23)cc1.C.C.CC1(C)OB(c2ccc(-c3nc4ccccc4c4ccc5c(c6ccccc6n5-c5ccccc5)c34)cc2)OC1(C)C.[NH2-].c1ccc(-c2nc(-c3ccccc3)nc(-c3ccc(-c4nc5ccccc5c5ccc6c(c7ccccc7n6-c6ccccc6)c45)cc3)n2)cc1. The van der Waals surface area contributed by atoms with Gasteiger partial charge in [0.05, 0.1) is 77.9 Å². The standard InChI is InChI=1S/C46H29N5.C37H31BN2O2.C31H19BrN2.2CH4.H2N/c1-4-14-31(15-5-1)44-48-45(32-16-6-2-7-17-32)50-46(49-44)33-26-24-30(25-27-33)43-42-36(35-20-10-12-22-38(35)47-43)28-29-40-41(42)37-21-11-13-23-39(37)51(40)34-18-8-3-9-19-34;1-36(2)37(3,4)42-38(41-36)25-20-18-24(19-21-25)35-34-28(27-14-8-10-16-30(27)39-35)22-23-32-33(34)29-15-9-11-17-31(29)40(32)26-12-6-5-7-13-26;32-21-16-14-20(15-17-21)31-30-24(23-10-4-6-12-26(23)33-31)18-19-28-29(30)25-11-5-7-13-27(25)34(28)22-8-2-1-3-9-22;;;/h1-29H;5-23H,1-4H3;1-19H;2*1H4;1H2/q;;;;;-1. The molecule has 1 aliphatic rings. The van der Waals surface area contributed by atoms with E-state index in [1.807, 2.05) is 60.7 Å². The molecule has 0 saturated carbocycles. The maximum atomic E-state index is 6.33. The Morgan fingerprint density at radius 2 is 0.485 bits per heavy atom. The monoisotopic (exact) mass is 1740 g/mol. The molecular formula is C116H89BBrN10O2-. The highest BCUT2D eigenvalue weighted by Crippen LogP contribution is 2.48. The predicted molar refractivity (Wildman–Crippen MR) is 549 cm³/mol. The number of fused-ring (bicyclic) bond motifs is 21. The van der Waals surface area contributed by atoms with Gasteiger partial charge >= 0.3 is 7.12 Å². The number of halogens is 1. The van der Waals surface area contributed by atoms with Crippen molar-refractivity contribution in [2.45, 2.75) is 53.8 Å². The first-order valence-corrected chi connectivity index (χ1v) is 43.8. The molecule has 17 aromatic carbocycles. The molecule has 8 heterocycles. The Kier molecular flexibility index (Phi) is 21.5. The molecule has 0 radical (unpaired) electrons. The molecule has 0 atom stereocenters. The van der Waals surface area contributed by atoms with Crippen molar-refractivity contribution in [3.05, 3.63) is 417 Å². The molecule has 0 bridgehead atoms. The number of hydrogen-bond acceptors (Lipinski definition) is 8. The van der Waals surface area contributed by atoms with Gasteiger partial charge in [0.25, 0.3) is 0 Å². The zero-order valence-corrected chi connectivity index (χ0v) is 72.1. The second-order valence-electron chi connectivity index (χ2n) is 33.5. The maximum Gasteiger partial charge on any atom is 0.494 e. The summed E-state index contributed by atoms with van der Waals surface area (Å²) >= 11 is 3.59. The van der Waals surface area contributed by atoms with Crippen LogP contribution >= 0.6 is 15.9 Å². The van der Waals surface area contributed by atoms with Crippen LogP contribution in [0.1, 0.15) is 42.5 Å². The van der Waals surface area contributed by atoms with Gasteiger partial charge in [-0.15, -0.1) is 0 Å². The predicted octanol–water partition coefficient (Wildman–Crippen LogP) is 30.7. The van der Waals surface area contributed by atoms with Crippen molar-refractivity contribution in [2.24, 2.45) is 0 Å². The van der Waals surface area contributed by atoms with Crippen LogP contribution in [0.15, 0.2) is 411 Å². The number of benzene rings is 17. The van der Waals surface area contributed by atoms with E-state index in [9.17, 15) is 0 Å². The van der Waals surface area contributed by atoms with Gasteiger partial charge in [-0.2, -0.15) is 0 Å². The molecule has 1 fully saturated rings. The van der Waals surface area contributed by atoms with Crippen LogP contribution in [-0.2, 0) is 9.31 Å². The van der Waals surface area contributed by atoms with Crippen LogP contribution in [0, 0.1) is 0 Å². The Hall–Kier alpha value is -15.4. The molecule has 1 saturated heterocycles. The summed E-state index contributed by atoms with van der Waals surface area (Å²) in [6.07, 6.45) is 0. The van der Waals surface area contributed by atoms with Crippen molar-refractivity contribution < 1.29 is 9.31 Å². The van der Waals surface area contributed by atoms with E-state index in [1.54, 1.807) is 0 Å². The van der Waals surface area contributed by atoms with E-state index >= 15 is 0 Å². The van der Waals surface area contributed by atoms with Gasteiger partial charge in [-0.05, 0) is 152 Å². The van der Waals surface area contributed by atoms with Gasteiger partial charge in [0.1, 0.15) is 0 Å². The fourth-order valence-corrected chi connectivity index (χ4v) is 19.1. The summed E-state index contributed by atoms with van der Waals surface area (Å²) in [6.45, 7) is 8.35. The molecule has 626 valence electrons. The minimum atomic E-state index is -0.402. The average Bonchev–Trinajstić information content (AvgIpc) is 1.53. The summed E-state index contributed by atoms with van der Waals surface area (Å²) in [5, 5.41) is 17.9. The number of rotatable bonds is 10. The van der Waals surface area contributed by atoms with E-state index in [4.69, 9.17) is 39.2 Å². The molecule has 7 aromatic heterocycles. The third-order valence-electron chi connectivity index (χ3n) is 25.5. The summed E-state index contributed by atoms with van der Waals surface area (Å²) in [6, 6.07) is 142. The lowest BCUT2D eigenvalue weighted by atomic mass is 9.78. The molecule has 0 unspecified atom stereocenters. The summed E-state index contributed by atoms with van der Waals surface area (Å²) in [4.78, 5) is 30.7. The van der Waals surface area contributed by atoms with Crippen LogP contribution in [0.5, 0.6) is 0 Å². The molecule has 1 aliphatic heterocycles. The molecule has 0 amide bonds. The summed E-state index contributed by atoms with van der Waals surface area (Å²) in [5.74, 6) is 1.91. The number of aromatic nitrogens is 9. The average molecular weight is 1750 g/mol. The molecule has 0 aliphatic carbocycles. The third kappa shape index (κ3) is 14.2. The van der Waals surface area contributed by atoms with Gasteiger partial charge in [-0.3, -0.25) is 0 Å². The first kappa shape index (κ1) is 82.8. The number of hydrogen-bond donors (Lipinski definition) is 0. The van der Waals surface area contributed by atoms with Crippen LogP contribution < -0.4 is 5.46 Å². The van der Waals surface area contributed by atoms with Gasteiger partial charge in [0, 0.05) is 120 Å². The van der Waals surface area contributed by atoms with Crippen LogP contribution in [-0.4, -0.2) is 61.9 Å². The van der Waals surface area contributed by atoms with Crippen LogP contribution in [0.3, 0.4) is 0 Å². The van der Waals surface area contributed by atoms with Crippen molar-refractivity contribution in [3.63, 3.8) is 0 Å². The van der Waals surface area contributed by atoms with Crippen LogP contribution in [0.4, 0.5) is 0 Å². The molecule has 25 rings (SSSR count). The molecule has 14 heteroatoms. The maximum absolute atomic E-state index is 6.33. The first-order chi connectivity index (χ1) is 62.4. The number of pyridine rings is 3. The van der Waals surface area contributed by atoms with E-state index in [2.05, 4.69) is 403 Å². The summed E-state index contributed by atoms with van der Waals surface area (Å²) in [7, 11) is -0.402. The molecule has 24 aromatic rings. The van der Waals surface area contributed by atoms with Gasteiger partial charge in [0.15, 0.2) is 17.5 Å². The van der Waals surface area contributed by atoms with Crippen molar-refractivity contribution in [1.29, 1.82) is 0 Å². The smallest absolute Gasteiger partial charge is 0.494 e. The Balaban J connectivity index is 0.000000123. The quantitative estimate of drug-likeness (QED) is 0.0972. The van der Waals surface area contributed by atoms with E-state index in [0.29, 0.717) is 17.5 Å². The normalized spacial score (nSPS) is 12.8. The van der Waals surface area contributed by atoms with Crippen molar-refractivity contribution in [2.75, 3.05) is 0 Å².